The van der Waals surface area contributed by atoms with Crippen LogP contribution >= 0.6 is 0 Å². The summed E-state index contributed by atoms with van der Waals surface area (Å²) in [5.41, 5.74) is 6.61. The molecule has 98 valence electrons. The standard InChI is InChI=1S/C11H21N3O3/c1-11(2,3)17-10(15)14-6-5-9(16-4)8(7-14)13-12/h8-9,12H,5-7H2,1-4H3/t8-,9-/m1/s1. The van der Waals surface area contributed by atoms with Gasteiger partial charge in [0.1, 0.15) is 11.6 Å². The largest absolute Gasteiger partial charge is 0.444 e. The molecule has 1 N–H and O–H groups in total. The van der Waals surface area contributed by atoms with Crippen LogP contribution in [0.3, 0.4) is 0 Å². The van der Waals surface area contributed by atoms with E-state index in [1.54, 1.807) is 12.0 Å². The van der Waals surface area contributed by atoms with Gasteiger partial charge >= 0.3 is 6.09 Å². The molecule has 2 atom stereocenters. The lowest BCUT2D eigenvalue weighted by Crippen LogP contribution is -2.50. The van der Waals surface area contributed by atoms with Gasteiger partial charge in [-0.25, -0.2) is 10.3 Å². The van der Waals surface area contributed by atoms with Crippen molar-refractivity contribution in [3.8, 4) is 0 Å². The number of nitrogens with one attached hydrogen (secondary N) is 1. The van der Waals surface area contributed by atoms with Crippen molar-refractivity contribution in [2.24, 2.45) is 5.11 Å². The summed E-state index contributed by atoms with van der Waals surface area (Å²) in [6.07, 6.45) is 0.259. The van der Waals surface area contributed by atoms with E-state index in [1.807, 2.05) is 20.8 Å². The number of likely N-dealkylation sites (tertiary alicyclic amines) is 1. The molecule has 0 unspecified atom stereocenters. The van der Waals surface area contributed by atoms with Crippen LogP contribution in [0.4, 0.5) is 4.79 Å². The first-order chi connectivity index (χ1) is 7.87. The second-order valence-electron chi connectivity index (χ2n) is 5.19. The van der Waals surface area contributed by atoms with Crippen LogP contribution in [0.25, 0.3) is 0 Å². The minimum absolute atomic E-state index is 0.0776. The summed E-state index contributed by atoms with van der Waals surface area (Å²) in [5.74, 6) is 0. The van der Waals surface area contributed by atoms with Crippen molar-refractivity contribution in [2.75, 3.05) is 20.2 Å². The van der Waals surface area contributed by atoms with Gasteiger partial charge in [0, 0.05) is 13.7 Å². The minimum atomic E-state index is -0.497. The average Bonchev–Trinajstić information content (AvgIpc) is 2.25. The molecular formula is C11H21N3O3. The quantitative estimate of drug-likeness (QED) is 0.754. The van der Waals surface area contributed by atoms with Crippen LogP contribution in [0, 0.1) is 5.53 Å². The van der Waals surface area contributed by atoms with Crippen LogP contribution in [-0.4, -0.2) is 48.9 Å². The molecule has 0 bridgehead atoms. The Morgan fingerprint density at radius 3 is 2.59 bits per heavy atom. The number of carbonyl (C=O) groups is 1. The van der Waals surface area contributed by atoms with E-state index < -0.39 is 5.60 Å². The Balaban J connectivity index is 2.57. The number of nitrogens with zero attached hydrogens (tertiary/aromatic N) is 2. The highest BCUT2D eigenvalue weighted by Gasteiger charge is 2.33. The zero-order chi connectivity index (χ0) is 13.1. The fourth-order valence-corrected chi connectivity index (χ4v) is 1.80. The first kappa shape index (κ1) is 13.9. The summed E-state index contributed by atoms with van der Waals surface area (Å²) < 4.78 is 10.5. The third-order valence-corrected chi connectivity index (χ3v) is 2.64. The zero-order valence-electron chi connectivity index (χ0n) is 10.9. The summed E-state index contributed by atoms with van der Waals surface area (Å²) in [4.78, 5) is 13.4. The Morgan fingerprint density at radius 1 is 1.47 bits per heavy atom. The number of amides is 1. The molecule has 6 heteroatoms. The maximum absolute atomic E-state index is 11.8. The third kappa shape index (κ3) is 3.96. The molecule has 1 heterocycles. The molecule has 0 radical (unpaired) electrons. The average molecular weight is 243 g/mol. The van der Waals surface area contributed by atoms with Crippen molar-refractivity contribution in [3.05, 3.63) is 0 Å². The second-order valence-corrected chi connectivity index (χ2v) is 5.19. The van der Waals surface area contributed by atoms with Crippen molar-refractivity contribution in [1.82, 2.24) is 4.90 Å². The molecule has 6 nitrogen and oxygen atoms in total. The van der Waals surface area contributed by atoms with Crippen molar-refractivity contribution < 1.29 is 14.3 Å². The highest BCUT2D eigenvalue weighted by Crippen LogP contribution is 2.19. The molecule has 0 aromatic heterocycles. The summed E-state index contributed by atoms with van der Waals surface area (Å²) in [5, 5.41) is 3.50. The molecule has 1 amide bonds. The zero-order valence-corrected chi connectivity index (χ0v) is 10.9. The highest BCUT2D eigenvalue weighted by atomic mass is 16.6. The van der Waals surface area contributed by atoms with Crippen LogP contribution in [-0.2, 0) is 9.47 Å². The van der Waals surface area contributed by atoms with E-state index in [9.17, 15) is 4.79 Å². The lowest BCUT2D eigenvalue weighted by molar-refractivity contribution is -0.00668. The Kier molecular flexibility index (Phi) is 4.45. The van der Waals surface area contributed by atoms with E-state index in [-0.39, 0.29) is 18.2 Å². The lowest BCUT2D eigenvalue weighted by atomic mass is 10.0. The van der Waals surface area contributed by atoms with Crippen LogP contribution in [0.2, 0.25) is 0 Å². The van der Waals surface area contributed by atoms with Gasteiger partial charge in [-0.15, -0.1) is 0 Å². The van der Waals surface area contributed by atoms with E-state index in [0.29, 0.717) is 19.5 Å². The fraction of sp³-hybridized carbons (Fsp3) is 0.909. The van der Waals surface area contributed by atoms with E-state index >= 15 is 0 Å². The smallest absolute Gasteiger partial charge is 0.410 e. The Morgan fingerprint density at radius 2 is 2.12 bits per heavy atom. The number of hydrogen-bond donors (Lipinski definition) is 1. The minimum Gasteiger partial charge on any atom is -0.444 e. The van der Waals surface area contributed by atoms with Gasteiger partial charge in [-0.2, -0.15) is 5.11 Å². The van der Waals surface area contributed by atoms with E-state index in [0.717, 1.165) is 0 Å². The van der Waals surface area contributed by atoms with Crippen LogP contribution < -0.4 is 0 Å². The van der Waals surface area contributed by atoms with Gasteiger partial charge in [0.2, 0.25) is 0 Å². The van der Waals surface area contributed by atoms with Gasteiger partial charge in [-0.05, 0) is 27.2 Å². The van der Waals surface area contributed by atoms with Crippen LogP contribution in [0.1, 0.15) is 27.2 Å². The van der Waals surface area contributed by atoms with Crippen molar-refractivity contribution >= 4 is 6.09 Å². The third-order valence-electron chi connectivity index (χ3n) is 2.64. The summed E-state index contributed by atoms with van der Waals surface area (Å²) in [6.45, 7) is 6.47. The normalized spacial score (nSPS) is 25.5. The summed E-state index contributed by atoms with van der Waals surface area (Å²) in [7, 11) is 1.60. The molecule has 1 saturated heterocycles. The lowest BCUT2D eigenvalue weighted by Gasteiger charge is -2.35. The molecule has 1 rings (SSSR count). The molecule has 1 aliphatic heterocycles. The monoisotopic (exact) mass is 243 g/mol. The summed E-state index contributed by atoms with van der Waals surface area (Å²) in [6, 6.07) is -0.290. The van der Waals surface area contributed by atoms with Gasteiger partial charge in [-0.1, -0.05) is 0 Å². The van der Waals surface area contributed by atoms with Crippen LogP contribution in [0.5, 0.6) is 0 Å². The molecule has 1 aliphatic rings. The molecule has 0 aromatic carbocycles. The van der Waals surface area contributed by atoms with Gasteiger partial charge in [-0.3, -0.25) is 0 Å². The first-order valence-corrected chi connectivity index (χ1v) is 5.74. The number of ether oxygens (including phenoxy) is 2. The number of methoxy groups -OCH3 is 1. The Hall–Kier alpha value is -1.17. The molecule has 17 heavy (non-hydrogen) atoms. The Labute approximate surface area is 102 Å². The predicted molar refractivity (Wildman–Crippen MR) is 62.2 cm³/mol. The van der Waals surface area contributed by atoms with E-state index in [4.69, 9.17) is 15.0 Å². The maximum atomic E-state index is 11.8. The molecule has 1 fully saturated rings. The maximum Gasteiger partial charge on any atom is 0.410 e. The van der Waals surface area contributed by atoms with Gasteiger partial charge < -0.3 is 14.4 Å². The topological polar surface area (TPSA) is 75.0 Å². The molecule has 0 aromatic rings. The molecule has 0 spiro atoms. The van der Waals surface area contributed by atoms with Crippen LogP contribution in [0.15, 0.2) is 5.11 Å². The van der Waals surface area contributed by atoms with E-state index in [2.05, 4.69) is 5.11 Å². The Bertz CT molecular complexity index is 288. The second kappa shape index (κ2) is 5.44. The van der Waals surface area contributed by atoms with Crippen molar-refractivity contribution in [1.29, 1.82) is 5.53 Å². The van der Waals surface area contributed by atoms with Crippen molar-refractivity contribution in [3.63, 3.8) is 0 Å². The van der Waals surface area contributed by atoms with Crippen molar-refractivity contribution in [2.45, 2.75) is 44.9 Å². The number of piperidine rings is 1. The predicted octanol–water partition coefficient (Wildman–Crippen LogP) is 2.04. The van der Waals surface area contributed by atoms with Gasteiger partial charge in [0.05, 0.1) is 12.6 Å². The number of carbonyl (C=O) groups excluding carboxylic acids is 1. The SMILES string of the molecule is CO[C@@H]1CCN(C(=O)OC(C)(C)C)C[C@H]1N=N. The van der Waals surface area contributed by atoms with E-state index in [1.165, 1.54) is 0 Å². The molecular weight excluding hydrogens is 222 g/mol. The molecule has 0 saturated carbocycles. The first-order valence-electron chi connectivity index (χ1n) is 5.74. The number of rotatable bonds is 2. The fourth-order valence-electron chi connectivity index (χ4n) is 1.80. The number of hydrogen-bond acceptors (Lipinski definition) is 5. The molecule has 0 aliphatic carbocycles. The van der Waals surface area contributed by atoms with Gasteiger partial charge in [0.15, 0.2) is 0 Å². The van der Waals surface area contributed by atoms with Gasteiger partial charge in [0.25, 0.3) is 0 Å². The highest BCUT2D eigenvalue weighted by molar-refractivity contribution is 5.68. The summed E-state index contributed by atoms with van der Waals surface area (Å²) >= 11 is 0.